The highest BCUT2D eigenvalue weighted by Crippen LogP contribution is 2.20. The van der Waals surface area contributed by atoms with E-state index in [1.54, 1.807) is 23.0 Å². The van der Waals surface area contributed by atoms with Crippen LogP contribution < -0.4 is 21.7 Å². The molecule has 1 heterocycles. The number of benzene rings is 2. The van der Waals surface area contributed by atoms with Gasteiger partial charge in [0.05, 0.1) is 11.4 Å². The van der Waals surface area contributed by atoms with Gasteiger partial charge < -0.3 is 15.9 Å². The number of nitrogens with one attached hydrogen (secondary N) is 1. The van der Waals surface area contributed by atoms with E-state index in [1.807, 2.05) is 54.7 Å². The number of aromatic nitrogens is 2. The van der Waals surface area contributed by atoms with E-state index >= 15 is 0 Å². The summed E-state index contributed by atoms with van der Waals surface area (Å²) in [6, 6.07) is 18.9. The molecule has 7 nitrogen and oxygen atoms in total. The molecule has 0 saturated heterocycles. The molecule has 0 aliphatic heterocycles. The van der Waals surface area contributed by atoms with E-state index in [0.717, 1.165) is 11.3 Å². The Hall–Kier alpha value is -3.76. The molecule has 0 unspecified atom stereocenters. The van der Waals surface area contributed by atoms with Gasteiger partial charge in [-0.25, -0.2) is 10.5 Å². The third kappa shape index (κ3) is 3.83. The molecule has 0 fully saturated rings. The number of nitriles is 1. The number of hydrogen-bond donors (Lipinski definition) is 3. The van der Waals surface area contributed by atoms with Gasteiger partial charge in [0.25, 0.3) is 0 Å². The van der Waals surface area contributed by atoms with Gasteiger partial charge in [-0.2, -0.15) is 10.4 Å². The van der Waals surface area contributed by atoms with Crippen molar-refractivity contribution in [3.63, 3.8) is 0 Å². The maximum atomic E-state index is 9.01. The van der Waals surface area contributed by atoms with E-state index < -0.39 is 0 Å². The number of rotatable bonds is 6. The Balaban J connectivity index is 1.75. The third-order valence-electron chi connectivity index (χ3n) is 3.76. The maximum absolute atomic E-state index is 9.01. The summed E-state index contributed by atoms with van der Waals surface area (Å²) in [5, 5.41) is 13.2. The molecular weight excluding hydrogens is 328 g/mol. The highest BCUT2D eigenvalue weighted by atomic mass is 16.5. The van der Waals surface area contributed by atoms with Crippen LogP contribution in [0, 0.1) is 11.3 Å². The van der Waals surface area contributed by atoms with Crippen molar-refractivity contribution in [2.45, 2.75) is 6.61 Å². The number of allylic oxidation sites excluding steroid dienone is 1. The summed E-state index contributed by atoms with van der Waals surface area (Å²) in [4.78, 5) is 0. The van der Waals surface area contributed by atoms with Crippen LogP contribution in [0.15, 0.2) is 72.7 Å². The maximum Gasteiger partial charge on any atom is 0.151 e. The lowest BCUT2D eigenvalue weighted by Crippen LogP contribution is -2.23. The second kappa shape index (κ2) is 7.88. The predicted octanol–water partition coefficient (Wildman–Crippen LogP) is 2.07. The molecule has 5 N–H and O–H groups in total. The molecule has 1 aromatic heterocycles. The summed E-state index contributed by atoms with van der Waals surface area (Å²) in [7, 11) is 0. The van der Waals surface area contributed by atoms with Crippen molar-refractivity contribution in [1.29, 1.82) is 5.26 Å². The fourth-order valence-electron chi connectivity index (χ4n) is 2.44. The smallest absolute Gasteiger partial charge is 0.151 e. The number of hydrogen-bond acceptors (Lipinski definition) is 6. The SMILES string of the molecule is N#C/C(NN)=C(/N)c1cccc(OCc2cccc(-n3cccn3)c2)c1. The van der Waals surface area contributed by atoms with Crippen LogP contribution in [0.25, 0.3) is 11.4 Å². The Bertz CT molecular complexity index is 956. The van der Waals surface area contributed by atoms with Crippen molar-refractivity contribution >= 4 is 5.70 Å². The highest BCUT2D eigenvalue weighted by molar-refractivity contribution is 5.69. The second-order valence-electron chi connectivity index (χ2n) is 5.48. The Labute approximate surface area is 151 Å². The van der Waals surface area contributed by atoms with Crippen LogP contribution in [0.1, 0.15) is 11.1 Å². The van der Waals surface area contributed by atoms with Gasteiger partial charge in [-0.05, 0) is 35.9 Å². The predicted molar refractivity (Wildman–Crippen MR) is 98.4 cm³/mol. The number of hydrazine groups is 1. The molecule has 3 aromatic rings. The lowest BCUT2D eigenvalue weighted by Gasteiger charge is -2.10. The fraction of sp³-hybridized carbons (Fsp3) is 0.0526. The Morgan fingerprint density at radius 1 is 1.19 bits per heavy atom. The Morgan fingerprint density at radius 3 is 2.77 bits per heavy atom. The lowest BCUT2D eigenvalue weighted by atomic mass is 10.1. The molecule has 7 heteroatoms. The summed E-state index contributed by atoms with van der Waals surface area (Å²) < 4.78 is 7.65. The molecular formula is C19H18N6O. The molecule has 0 spiro atoms. The minimum Gasteiger partial charge on any atom is -0.489 e. The van der Waals surface area contributed by atoms with Crippen molar-refractivity contribution in [2.24, 2.45) is 11.6 Å². The topological polar surface area (TPSA) is 115 Å². The van der Waals surface area contributed by atoms with Crippen LogP contribution in [0.2, 0.25) is 0 Å². The van der Waals surface area contributed by atoms with E-state index in [-0.39, 0.29) is 11.4 Å². The molecule has 0 aliphatic rings. The first-order chi connectivity index (χ1) is 12.7. The van der Waals surface area contributed by atoms with Crippen LogP contribution in [-0.2, 0) is 6.61 Å². The average Bonchev–Trinajstić information content (AvgIpc) is 3.23. The van der Waals surface area contributed by atoms with Crippen molar-refractivity contribution in [1.82, 2.24) is 15.2 Å². The highest BCUT2D eigenvalue weighted by Gasteiger charge is 2.06. The largest absolute Gasteiger partial charge is 0.489 e. The zero-order chi connectivity index (χ0) is 18.4. The first-order valence-corrected chi connectivity index (χ1v) is 7.90. The first kappa shape index (κ1) is 17.1. The van der Waals surface area contributed by atoms with Gasteiger partial charge in [0.2, 0.25) is 0 Å². The molecule has 0 radical (unpaired) electrons. The minimum absolute atomic E-state index is 0.106. The normalized spacial score (nSPS) is 11.4. The average molecular weight is 346 g/mol. The van der Waals surface area contributed by atoms with Gasteiger partial charge in [0, 0.05) is 18.0 Å². The van der Waals surface area contributed by atoms with Gasteiger partial charge in [0.1, 0.15) is 18.4 Å². The number of nitrogens with zero attached hydrogens (tertiary/aromatic N) is 3. The zero-order valence-electron chi connectivity index (χ0n) is 14.0. The van der Waals surface area contributed by atoms with Crippen molar-refractivity contribution < 1.29 is 4.74 Å². The minimum atomic E-state index is 0.106. The quantitative estimate of drug-likeness (QED) is 0.357. The van der Waals surface area contributed by atoms with Gasteiger partial charge in [-0.1, -0.05) is 24.3 Å². The summed E-state index contributed by atoms with van der Waals surface area (Å²) in [6.07, 6.45) is 3.62. The monoisotopic (exact) mass is 346 g/mol. The van der Waals surface area contributed by atoms with Crippen LogP contribution in [-0.4, -0.2) is 9.78 Å². The van der Waals surface area contributed by atoms with Gasteiger partial charge >= 0.3 is 0 Å². The fourth-order valence-corrected chi connectivity index (χ4v) is 2.44. The van der Waals surface area contributed by atoms with Gasteiger partial charge in [-0.3, -0.25) is 0 Å². The second-order valence-corrected chi connectivity index (χ2v) is 5.48. The van der Waals surface area contributed by atoms with Crippen LogP contribution >= 0.6 is 0 Å². The van der Waals surface area contributed by atoms with Gasteiger partial charge in [-0.15, -0.1) is 0 Å². The van der Waals surface area contributed by atoms with E-state index in [1.165, 1.54) is 0 Å². The number of ether oxygens (including phenoxy) is 1. The number of nitrogens with two attached hydrogens (primary N) is 2. The summed E-state index contributed by atoms with van der Waals surface area (Å²) in [5.74, 6) is 5.94. The van der Waals surface area contributed by atoms with E-state index in [9.17, 15) is 0 Å². The molecule has 3 rings (SSSR count). The van der Waals surface area contributed by atoms with E-state index in [0.29, 0.717) is 17.9 Å². The Morgan fingerprint density at radius 2 is 2.04 bits per heavy atom. The van der Waals surface area contributed by atoms with Crippen molar-refractivity contribution in [2.75, 3.05) is 0 Å². The molecule has 0 saturated carbocycles. The third-order valence-corrected chi connectivity index (χ3v) is 3.76. The van der Waals surface area contributed by atoms with Crippen LogP contribution in [0.5, 0.6) is 5.75 Å². The van der Waals surface area contributed by atoms with Crippen LogP contribution in [0.4, 0.5) is 0 Å². The van der Waals surface area contributed by atoms with Gasteiger partial charge in [0.15, 0.2) is 5.70 Å². The first-order valence-electron chi connectivity index (χ1n) is 7.90. The molecule has 2 aromatic carbocycles. The van der Waals surface area contributed by atoms with Crippen LogP contribution in [0.3, 0.4) is 0 Å². The summed E-state index contributed by atoms with van der Waals surface area (Å²) in [5.41, 5.74) is 11.2. The van der Waals surface area contributed by atoms with E-state index in [4.69, 9.17) is 21.6 Å². The lowest BCUT2D eigenvalue weighted by molar-refractivity contribution is 0.306. The molecule has 130 valence electrons. The molecule has 26 heavy (non-hydrogen) atoms. The van der Waals surface area contributed by atoms with E-state index in [2.05, 4.69) is 10.5 Å². The standard InChI is InChI=1S/C19H18N6O/c20-12-18(24-22)19(21)15-5-2-7-17(11-15)26-13-14-4-1-6-16(10-14)25-9-3-8-23-25/h1-11,24H,13,21-22H2/b19-18-. The Kier molecular flexibility index (Phi) is 5.17. The zero-order valence-corrected chi connectivity index (χ0v) is 14.0. The summed E-state index contributed by atoms with van der Waals surface area (Å²) >= 11 is 0. The molecule has 0 bridgehead atoms. The molecule has 0 atom stereocenters. The molecule has 0 amide bonds. The summed E-state index contributed by atoms with van der Waals surface area (Å²) in [6.45, 7) is 0.391. The molecule has 0 aliphatic carbocycles. The van der Waals surface area contributed by atoms with Crippen molar-refractivity contribution in [3.8, 4) is 17.5 Å². The van der Waals surface area contributed by atoms with Crippen molar-refractivity contribution in [3.05, 3.63) is 83.8 Å².